The van der Waals surface area contributed by atoms with E-state index in [9.17, 15) is 9.59 Å². The predicted molar refractivity (Wildman–Crippen MR) is 89.2 cm³/mol. The molecule has 6 nitrogen and oxygen atoms in total. The van der Waals surface area contributed by atoms with Gasteiger partial charge in [-0.2, -0.15) is 0 Å². The third-order valence-corrected chi connectivity index (χ3v) is 3.31. The van der Waals surface area contributed by atoms with E-state index in [0.29, 0.717) is 22.9 Å². The lowest BCUT2D eigenvalue weighted by Crippen LogP contribution is -2.46. The summed E-state index contributed by atoms with van der Waals surface area (Å²) in [5.74, 6) is -0.128. The van der Waals surface area contributed by atoms with Gasteiger partial charge < -0.3 is 10.6 Å². The first kappa shape index (κ1) is 16.0. The normalized spacial score (nSPS) is 12.9. The Morgan fingerprint density at radius 2 is 1.91 bits per heavy atom. The molecule has 7 heteroatoms. The van der Waals surface area contributed by atoms with E-state index < -0.39 is 0 Å². The Kier molecular flexibility index (Phi) is 5.48. The van der Waals surface area contributed by atoms with Crippen molar-refractivity contribution in [1.29, 1.82) is 0 Å². The quantitative estimate of drug-likeness (QED) is 0.374. The van der Waals surface area contributed by atoms with E-state index in [0.717, 1.165) is 12.8 Å². The van der Waals surface area contributed by atoms with Crippen LogP contribution in [0.4, 0.5) is 5.69 Å². The summed E-state index contributed by atoms with van der Waals surface area (Å²) < 4.78 is 0. The molecule has 4 N–H and O–H groups in total. The zero-order valence-electron chi connectivity index (χ0n) is 12.0. The molecular weight excluding hydrogens is 300 g/mol. The molecule has 2 amide bonds. The number of rotatable bonds is 5. The van der Waals surface area contributed by atoms with Crippen LogP contribution >= 0.6 is 12.2 Å². The van der Waals surface area contributed by atoms with Gasteiger partial charge in [-0.1, -0.05) is 6.08 Å². The van der Waals surface area contributed by atoms with Gasteiger partial charge in [0.2, 0.25) is 5.91 Å². The minimum absolute atomic E-state index is 0.0394. The first-order valence-corrected chi connectivity index (χ1v) is 7.37. The van der Waals surface area contributed by atoms with Crippen molar-refractivity contribution in [3.63, 3.8) is 0 Å². The van der Waals surface area contributed by atoms with Gasteiger partial charge in [0, 0.05) is 23.7 Å². The Hall–Kier alpha value is -2.41. The summed E-state index contributed by atoms with van der Waals surface area (Å²) in [5, 5.41) is 5.95. The van der Waals surface area contributed by atoms with Gasteiger partial charge in [-0.25, -0.2) is 0 Å². The maximum atomic E-state index is 11.9. The first-order chi connectivity index (χ1) is 10.6. The molecule has 1 aliphatic rings. The van der Waals surface area contributed by atoms with E-state index in [4.69, 9.17) is 12.2 Å². The molecule has 1 saturated carbocycles. The lowest BCUT2D eigenvalue weighted by Gasteiger charge is -2.10. The average Bonchev–Trinajstić information content (AvgIpc) is 3.36. The fraction of sp³-hybridized carbons (Fsp3) is 0.267. The maximum absolute atomic E-state index is 11.9. The Balaban J connectivity index is 1.81. The molecule has 0 heterocycles. The summed E-state index contributed by atoms with van der Waals surface area (Å²) >= 11 is 4.95. The van der Waals surface area contributed by atoms with Crippen molar-refractivity contribution in [3.8, 4) is 0 Å². The number of hydrazine groups is 1. The average molecular weight is 318 g/mol. The monoisotopic (exact) mass is 318 g/mol. The molecule has 1 fully saturated rings. The van der Waals surface area contributed by atoms with Crippen molar-refractivity contribution in [1.82, 2.24) is 16.2 Å². The van der Waals surface area contributed by atoms with Crippen LogP contribution in [0.15, 0.2) is 36.9 Å². The van der Waals surface area contributed by atoms with E-state index >= 15 is 0 Å². The van der Waals surface area contributed by atoms with Gasteiger partial charge in [0.15, 0.2) is 5.11 Å². The molecule has 1 aromatic rings. The lowest BCUT2D eigenvalue weighted by molar-refractivity contribution is -0.117. The third kappa shape index (κ3) is 4.85. The Labute approximate surface area is 134 Å². The van der Waals surface area contributed by atoms with Crippen molar-refractivity contribution in [2.45, 2.75) is 12.8 Å². The van der Waals surface area contributed by atoms with E-state index in [1.807, 2.05) is 0 Å². The summed E-state index contributed by atoms with van der Waals surface area (Å²) in [4.78, 5) is 23.5. The van der Waals surface area contributed by atoms with Crippen molar-refractivity contribution in [3.05, 3.63) is 42.5 Å². The molecular formula is C15H18N4O2S. The zero-order valence-corrected chi connectivity index (χ0v) is 12.8. The van der Waals surface area contributed by atoms with Gasteiger partial charge >= 0.3 is 0 Å². The number of hydrogen-bond acceptors (Lipinski definition) is 3. The Bertz CT molecular complexity index is 582. The Morgan fingerprint density at radius 3 is 2.50 bits per heavy atom. The molecule has 2 rings (SSSR count). The van der Waals surface area contributed by atoms with Gasteiger partial charge in [-0.15, -0.1) is 6.58 Å². The fourth-order valence-electron chi connectivity index (χ4n) is 1.69. The third-order valence-electron chi connectivity index (χ3n) is 3.06. The number of amides is 2. The summed E-state index contributed by atoms with van der Waals surface area (Å²) in [6, 6.07) is 6.67. The molecule has 22 heavy (non-hydrogen) atoms. The highest BCUT2D eigenvalue weighted by atomic mass is 32.1. The molecule has 1 aliphatic carbocycles. The molecule has 0 bridgehead atoms. The van der Waals surface area contributed by atoms with E-state index in [1.54, 1.807) is 30.3 Å². The Morgan fingerprint density at radius 1 is 1.23 bits per heavy atom. The molecule has 0 aromatic heterocycles. The molecule has 0 atom stereocenters. The lowest BCUT2D eigenvalue weighted by atomic mass is 10.2. The number of carbonyl (C=O) groups is 2. The fourth-order valence-corrected chi connectivity index (χ4v) is 1.82. The second-order valence-electron chi connectivity index (χ2n) is 4.92. The number of thiocarbonyl (C=S) groups is 1. The summed E-state index contributed by atoms with van der Waals surface area (Å²) in [6.07, 6.45) is 3.57. The molecule has 0 saturated heterocycles. The number of carbonyl (C=O) groups excluding carboxylic acids is 2. The minimum Gasteiger partial charge on any atom is -0.358 e. The van der Waals surface area contributed by atoms with Gasteiger partial charge in [-0.3, -0.25) is 20.4 Å². The largest absolute Gasteiger partial charge is 0.358 e. The van der Waals surface area contributed by atoms with Crippen LogP contribution < -0.4 is 21.5 Å². The highest BCUT2D eigenvalue weighted by Crippen LogP contribution is 2.30. The van der Waals surface area contributed by atoms with Crippen LogP contribution in [-0.4, -0.2) is 23.5 Å². The van der Waals surface area contributed by atoms with Gasteiger partial charge in [0.1, 0.15) is 0 Å². The highest BCUT2D eigenvalue weighted by molar-refractivity contribution is 7.80. The van der Waals surface area contributed by atoms with Crippen molar-refractivity contribution in [2.24, 2.45) is 5.92 Å². The standard InChI is InChI=1S/C15H18N4O2S/c1-2-9-16-15(22)19-18-14(21)11-5-7-12(8-6-11)17-13(20)10-3-4-10/h2,5-8,10H,1,3-4,9H2,(H,17,20)(H,18,21)(H2,16,19,22). The van der Waals surface area contributed by atoms with Crippen LogP contribution in [0, 0.1) is 5.92 Å². The molecule has 0 spiro atoms. The van der Waals surface area contributed by atoms with Crippen LogP contribution in [0.1, 0.15) is 23.2 Å². The van der Waals surface area contributed by atoms with E-state index in [2.05, 4.69) is 28.1 Å². The SMILES string of the molecule is C=CCNC(=S)NNC(=O)c1ccc(NC(=O)C2CC2)cc1. The topological polar surface area (TPSA) is 82.3 Å². The minimum atomic E-state index is -0.317. The second kappa shape index (κ2) is 7.56. The number of hydrogen-bond donors (Lipinski definition) is 4. The van der Waals surface area contributed by atoms with Crippen molar-refractivity contribution in [2.75, 3.05) is 11.9 Å². The maximum Gasteiger partial charge on any atom is 0.269 e. The first-order valence-electron chi connectivity index (χ1n) is 6.96. The predicted octanol–water partition coefficient (Wildman–Crippen LogP) is 1.33. The molecule has 0 aliphatic heterocycles. The smallest absolute Gasteiger partial charge is 0.269 e. The van der Waals surface area contributed by atoms with Gasteiger partial charge in [0.05, 0.1) is 0 Å². The number of nitrogens with one attached hydrogen (secondary N) is 4. The zero-order chi connectivity index (χ0) is 15.9. The number of benzene rings is 1. The second-order valence-corrected chi connectivity index (χ2v) is 5.33. The van der Waals surface area contributed by atoms with Crippen LogP contribution in [0.2, 0.25) is 0 Å². The molecule has 1 aromatic carbocycles. The van der Waals surface area contributed by atoms with E-state index in [-0.39, 0.29) is 17.7 Å². The van der Waals surface area contributed by atoms with Crippen LogP contribution in [0.25, 0.3) is 0 Å². The molecule has 0 radical (unpaired) electrons. The van der Waals surface area contributed by atoms with Crippen LogP contribution in [0.5, 0.6) is 0 Å². The van der Waals surface area contributed by atoms with Gasteiger partial charge in [-0.05, 0) is 49.3 Å². The van der Waals surface area contributed by atoms with Gasteiger partial charge in [0.25, 0.3) is 5.91 Å². The summed E-state index contributed by atoms with van der Waals surface area (Å²) in [5.41, 5.74) is 6.22. The number of anilines is 1. The van der Waals surface area contributed by atoms with Crippen molar-refractivity contribution >= 4 is 34.8 Å². The van der Waals surface area contributed by atoms with Crippen LogP contribution in [0.3, 0.4) is 0 Å². The summed E-state index contributed by atoms with van der Waals surface area (Å²) in [6.45, 7) is 4.06. The summed E-state index contributed by atoms with van der Waals surface area (Å²) in [7, 11) is 0. The van der Waals surface area contributed by atoms with Crippen LogP contribution in [-0.2, 0) is 4.79 Å². The molecule has 0 unspecified atom stereocenters. The highest BCUT2D eigenvalue weighted by Gasteiger charge is 2.29. The molecule has 116 valence electrons. The van der Waals surface area contributed by atoms with Crippen molar-refractivity contribution < 1.29 is 9.59 Å². The van der Waals surface area contributed by atoms with E-state index in [1.165, 1.54) is 0 Å².